The summed E-state index contributed by atoms with van der Waals surface area (Å²) in [6, 6.07) is 7.08. The number of nitrogens with one attached hydrogen (secondary N) is 2. The second-order valence-electron chi connectivity index (χ2n) is 8.26. The van der Waals surface area contributed by atoms with Gasteiger partial charge in [-0.05, 0) is 49.8 Å². The van der Waals surface area contributed by atoms with Gasteiger partial charge in [-0.15, -0.1) is 0 Å². The van der Waals surface area contributed by atoms with Crippen molar-refractivity contribution >= 4 is 23.2 Å². The third kappa shape index (κ3) is 14.9. The third-order valence-corrected chi connectivity index (χ3v) is 5.72. The van der Waals surface area contributed by atoms with E-state index in [-0.39, 0.29) is 5.91 Å². The van der Waals surface area contributed by atoms with Crippen molar-refractivity contribution in [3.63, 3.8) is 0 Å². The molecule has 1 aromatic rings. The molecule has 0 aliphatic carbocycles. The van der Waals surface area contributed by atoms with E-state index in [2.05, 4.69) is 17.6 Å². The maximum atomic E-state index is 12.2. The Bertz CT molecular complexity index is 590. The first-order chi connectivity index (χ1) is 15.2. The van der Waals surface area contributed by atoms with Crippen molar-refractivity contribution in [3.8, 4) is 5.75 Å². The highest BCUT2D eigenvalue weighted by Crippen LogP contribution is 2.13. The lowest BCUT2D eigenvalue weighted by atomic mass is 10.0. The van der Waals surface area contributed by atoms with Crippen molar-refractivity contribution in [3.05, 3.63) is 29.8 Å². The zero-order valence-corrected chi connectivity index (χ0v) is 20.7. The Balaban J connectivity index is 1.92. The first-order valence-corrected chi connectivity index (χ1v) is 12.9. The monoisotopic (exact) mass is 448 g/mol. The number of amides is 1. The van der Waals surface area contributed by atoms with Crippen LogP contribution >= 0.6 is 12.2 Å². The fourth-order valence-electron chi connectivity index (χ4n) is 3.61. The minimum absolute atomic E-state index is 0.193. The molecule has 1 rings (SSSR count). The molecule has 0 saturated heterocycles. The fraction of sp³-hybridized carbons (Fsp3) is 0.692. The summed E-state index contributed by atoms with van der Waals surface area (Å²) in [6.45, 7) is 5.62. The molecule has 0 fully saturated rings. The Kier molecular flexibility index (Phi) is 16.9. The van der Waals surface area contributed by atoms with E-state index in [4.69, 9.17) is 17.0 Å². The molecule has 0 radical (unpaired) electrons. The molecule has 0 heterocycles. The summed E-state index contributed by atoms with van der Waals surface area (Å²) in [5.74, 6) is 0.569. The maximum Gasteiger partial charge on any atom is 0.257 e. The molecule has 0 saturated carbocycles. The summed E-state index contributed by atoms with van der Waals surface area (Å²) in [6.07, 6.45) is 18.9. The summed E-state index contributed by atoms with van der Waals surface area (Å²) in [4.78, 5) is 12.2. The summed E-state index contributed by atoms with van der Waals surface area (Å²) < 4.78 is 5.39. The summed E-state index contributed by atoms with van der Waals surface area (Å²) in [5, 5.41) is 6.27. The average Bonchev–Trinajstić information content (AvgIpc) is 2.77. The largest absolute Gasteiger partial charge is 0.494 e. The Hall–Kier alpha value is -1.62. The normalized spacial score (nSPS) is 10.6. The van der Waals surface area contributed by atoms with E-state index in [9.17, 15) is 4.79 Å². The van der Waals surface area contributed by atoms with Crippen LogP contribution in [0.2, 0.25) is 0 Å². The van der Waals surface area contributed by atoms with Crippen molar-refractivity contribution in [2.75, 3.05) is 13.2 Å². The van der Waals surface area contributed by atoms with Gasteiger partial charge in [0.15, 0.2) is 5.11 Å². The molecule has 4 nitrogen and oxygen atoms in total. The minimum atomic E-state index is -0.193. The van der Waals surface area contributed by atoms with Gasteiger partial charge in [0.25, 0.3) is 5.91 Å². The number of hydrogen-bond acceptors (Lipinski definition) is 3. The topological polar surface area (TPSA) is 50.4 Å². The number of hydrogen-bond donors (Lipinski definition) is 2. The lowest BCUT2D eigenvalue weighted by molar-refractivity contribution is 0.0976. The zero-order valence-electron chi connectivity index (χ0n) is 19.8. The number of ether oxygens (including phenoxy) is 1. The standard InChI is InChI=1S/C26H44N2O2S/c1-3-5-6-7-8-9-10-11-12-13-14-15-16-17-22-27-26(31)28-25(29)23-18-20-24(21-19-23)30-4-2/h18-21H,3-17,22H2,1-2H3,(H2,27,28,29,31). The Morgan fingerprint density at radius 3 is 1.74 bits per heavy atom. The minimum Gasteiger partial charge on any atom is -0.494 e. The van der Waals surface area contributed by atoms with E-state index in [1.165, 1.54) is 83.5 Å². The van der Waals surface area contributed by atoms with Gasteiger partial charge in [0, 0.05) is 12.1 Å². The van der Waals surface area contributed by atoms with Crippen molar-refractivity contribution in [2.45, 2.75) is 104 Å². The Morgan fingerprint density at radius 1 is 0.774 bits per heavy atom. The average molecular weight is 449 g/mol. The molecule has 31 heavy (non-hydrogen) atoms. The first kappa shape index (κ1) is 27.4. The predicted octanol–water partition coefficient (Wildman–Crippen LogP) is 7.17. The van der Waals surface area contributed by atoms with Gasteiger partial charge >= 0.3 is 0 Å². The van der Waals surface area contributed by atoms with Crippen molar-refractivity contribution in [1.29, 1.82) is 0 Å². The van der Waals surface area contributed by atoms with Crippen LogP contribution in [0.25, 0.3) is 0 Å². The smallest absolute Gasteiger partial charge is 0.257 e. The summed E-state index contributed by atoms with van der Waals surface area (Å²) >= 11 is 5.23. The van der Waals surface area contributed by atoms with E-state index in [1.807, 2.05) is 6.92 Å². The van der Waals surface area contributed by atoms with Gasteiger partial charge in [-0.25, -0.2) is 0 Å². The van der Waals surface area contributed by atoms with Gasteiger partial charge in [0.2, 0.25) is 0 Å². The predicted molar refractivity (Wildman–Crippen MR) is 136 cm³/mol. The van der Waals surface area contributed by atoms with Gasteiger partial charge in [-0.2, -0.15) is 0 Å². The molecule has 0 unspecified atom stereocenters. The van der Waals surface area contributed by atoms with E-state index >= 15 is 0 Å². The lowest BCUT2D eigenvalue weighted by Gasteiger charge is -2.10. The molecule has 176 valence electrons. The fourth-order valence-corrected chi connectivity index (χ4v) is 3.80. The van der Waals surface area contributed by atoms with Gasteiger partial charge in [0.1, 0.15) is 5.75 Å². The van der Waals surface area contributed by atoms with Crippen LogP contribution in [0.3, 0.4) is 0 Å². The van der Waals surface area contributed by atoms with Crippen molar-refractivity contribution in [1.82, 2.24) is 10.6 Å². The van der Waals surface area contributed by atoms with Crippen LogP contribution in [0.5, 0.6) is 5.75 Å². The summed E-state index contributed by atoms with van der Waals surface area (Å²) in [5.41, 5.74) is 0.573. The highest BCUT2D eigenvalue weighted by Gasteiger charge is 2.07. The molecule has 1 aromatic carbocycles. The molecule has 0 spiro atoms. The molecular weight excluding hydrogens is 404 g/mol. The zero-order chi connectivity index (χ0) is 22.6. The van der Waals surface area contributed by atoms with E-state index in [0.29, 0.717) is 17.3 Å². The van der Waals surface area contributed by atoms with Crippen LogP contribution in [0.15, 0.2) is 24.3 Å². The Labute approximate surface area is 195 Å². The maximum absolute atomic E-state index is 12.2. The molecular formula is C26H44N2O2S. The second kappa shape index (κ2) is 19.1. The number of rotatable bonds is 18. The molecule has 0 bridgehead atoms. The van der Waals surface area contributed by atoms with Crippen LogP contribution in [0, 0.1) is 0 Å². The first-order valence-electron chi connectivity index (χ1n) is 12.5. The Morgan fingerprint density at radius 2 is 1.26 bits per heavy atom. The highest BCUT2D eigenvalue weighted by atomic mass is 32.1. The molecule has 1 amide bonds. The van der Waals surface area contributed by atoms with E-state index < -0.39 is 0 Å². The molecule has 2 N–H and O–H groups in total. The van der Waals surface area contributed by atoms with Gasteiger partial charge in [0.05, 0.1) is 6.61 Å². The number of carbonyl (C=O) groups excluding carboxylic acids is 1. The highest BCUT2D eigenvalue weighted by molar-refractivity contribution is 7.80. The third-order valence-electron chi connectivity index (χ3n) is 5.47. The van der Waals surface area contributed by atoms with Crippen LogP contribution in [0.4, 0.5) is 0 Å². The van der Waals surface area contributed by atoms with Crippen molar-refractivity contribution in [2.24, 2.45) is 0 Å². The molecule has 5 heteroatoms. The molecule has 0 atom stereocenters. The van der Waals surface area contributed by atoms with Crippen LogP contribution in [-0.4, -0.2) is 24.2 Å². The molecule has 0 aromatic heterocycles. The van der Waals surface area contributed by atoms with Gasteiger partial charge < -0.3 is 10.1 Å². The van der Waals surface area contributed by atoms with Gasteiger partial charge in [-0.3, -0.25) is 10.1 Å². The van der Waals surface area contributed by atoms with Gasteiger partial charge in [-0.1, -0.05) is 90.4 Å². The van der Waals surface area contributed by atoms with Crippen molar-refractivity contribution < 1.29 is 9.53 Å². The van der Waals surface area contributed by atoms with Crippen LogP contribution in [0.1, 0.15) is 114 Å². The number of carbonyl (C=O) groups is 1. The molecule has 0 aliphatic rings. The molecule has 0 aliphatic heterocycles. The number of unbranched alkanes of at least 4 members (excludes halogenated alkanes) is 13. The van der Waals surface area contributed by atoms with E-state index in [1.54, 1.807) is 24.3 Å². The number of benzene rings is 1. The number of thiocarbonyl (C=S) groups is 1. The SMILES string of the molecule is CCCCCCCCCCCCCCCCNC(=S)NC(=O)c1ccc(OCC)cc1. The quantitative estimate of drug-likeness (QED) is 0.185. The van der Waals surface area contributed by atoms with Crippen LogP contribution < -0.4 is 15.4 Å². The second-order valence-corrected chi connectivity index (χ2v) is 8.67. The van der Waals surface area contributed by atoms with Crippen LogP contribution in [-0.2, 0) is 0 Å². The lowest BCUT2D eigenvalue weighted by Crippen LogP contribution is -2.39. The summed E-state index contributed by atoms with van der Waals surface area (Å²) in [7, 11) is 0. The van der Waals surface area contributed by atoms with E-state index in [0.717, 1.165) is 18.7 Å².